The molecule has 0 saturated carbocycles. The van der Waals surface area contributed by atoms with E-state index in [1.54, 1.807) is 0 Å². The average molecular weight is 150 g/mol. The zero-order chi connectivity index (χ0) is 7.28. The molecule has 0 atom stereocenters. The molecule has 0 aromatic carbocycles. The van der Waals surface area contributed by atoms with Crippen LogP contribution in [0.25, 0.3) is 0 Å². The lowest BCUT2D eigenvalue weighted by Crippen LogP contribution is -2.24. The third-order valence-electron chi connectivity index (χ3n) is 0.731. The van der Waals surface area contributed by atoms with Crippen LogP contribution in [0.15, 0.2) is 11.6 Å². The lowest BCUT2D eigenvalue weighted by molar-refractivity contribution is -0.160. The summed E-state index contributed by atoms with van der Waals surface area (Å²) in [4.78, 5) is 10.2. The van der Waals surface area contributed by atoms with E-state index in [2.05, 4.69) is 0 Å². The number of hydrogen-bond acceptors (Lipinski definition) is 2. The van der Waals surface area contributed by atoms with E-state index in [-0.39, 0.29) is 6.54 Å². The van der Waals surface area contributed by atoms with Crippen LogP contribution in [-0.2, 0) is 4.79 Å². The highest BCUT2D eigenvalue weighted by Crippen LogP contribution is 1.84. The van der Waals surface area contributed by atoms with Gasteiger partial charge in [-0.05, 0) is 0 Å². The molecule has 9 heavy (non-hydrogen) atoms. The van der Waals surface area contributed by atoms with Gasteiger partial charge in [0.1, 0.15) is 0 Å². The summed E-state index contributed by atoms with van der Waals surface area (Å²) in [6.07, 6.45) is 1.46. The Morgan fingerprint density at radius 1 is 1.89 bits per heavy atom. The van der Waals surface area contributed by atoms with Crippen LogP contribution in [0, 0.1) is 0 Å². The fraction of sp³-hybridized carbons (Fsp3) is 0.400. The Bertz CT molecular complexity index is 124. The first kappa shape index (κ1) is 8.46. The van der Waals surface area contributed by atoms with Gasteiger partial charge in [-0.3, -0.25) is 10.0 Å². The second kappa shape index (κ2) is 4.35. The number of nitrogens with zero attached hydrogens (tertiary/aromatic N) is 1. The molecule has 52 valence electrons. The van der Waals surface area contributed by atoms with Crippen molar-refractivity contribution in [2.24, 2.45) is 0 Å². The Labute approximate surface area is 58.5 Å². The average Bonchev–Trinajstić information content (AvgIpc) is 1.82. The largest absolute Gasteiger partial charge is 0.286 e. The lowest BCUT2D eigenvalue weighted by atomic mass is 10.6. The molecule has 4 heteroatoms. The molecule has 0 aromatic heterocycles. The molecule has 0 fully saturated rings. The number of carbonyl (C=O) groups is 1. The molecule has 0 radical (unpaired) electrons. The molecule has 0 aromatic rings. The second-order valence-corrected chi connectivity index (χ2v) is 1.71. The van der Waals surface area contributed by atoms with Gasteiger partial charge in [-0.1, -0.05) is 17.7 Å². The van der Waals surface area contributed by atoms with E-state index < -0.39 is 5.91 Å². The monoisotopic (exact) mass is 149 g/mol. The van der Waals surface area contributed by atoms with Crippen LogP contribution in [0.2, 0.25) is 0 Å². The van der Waals surface area contributed by atoms with Gasteiger partial charge in [0.25, 0.3) is 0 Å². The van der Waals surface area contributed by atoms with Gasteiger partial charge in [0.15, 0.2) is 0 Å². The van der Waals surface area contributed by atoms with Crippen LogP contribution in [-0.4, -0.2) is 22.7 Å². The van der Waals surface area contributed by atoms with Gasteiger partial charge in [0.2, 0.25) is 5.91 Å². The molecule has 1 N–H and O–H groups in total. The van der Waals surface area contributed by atoms with Crippen molar-refractivity contribution in [1.29, 1.82) is 0 Å². The zero-order valence-electron chi connectivity index (χ0n) is 5.04. The molecule has 0 rings (SSSR count). The van der Waals surface area contributed by atoms with Crippen molar-refractivity contribution in [1.82, 2.24) is 5.06 Å². The minimum atomic E-state index is -0.398. The maximum atomic E-state index is 10.2. The van der Waals surface area contributed by atoms with E-state index in [9.17, 15) is 4.79 Å². The van der Waals surface area contributed by atoms with Crippen molar-refractivity contribution in [3.8, 4) is 0 Å². The van der Waals surface area contributed by atoms with Gasteiger partial charge in [-0.2, -0.15) is 0 Å². The van der Waals surface area contributed by atoms with Crippen molar-refractivity contribution in [3.63, 3.8) is 0 Å². The summed E-state index contributed by atoms with van der Waals surface area (Å²) in [5.74, 6) is -0.398. The molecule has 3 nitrogen and oxygen atoms in total. The molecule has 1 amide bonds. The fourth-order valence-corrected chi connectivity index (χ4v) is 0.348. The van der Waals surface area contributed by atoms with Crippen molar-refractivity contribution in [2.75, 3.05) is 6.54 Å². The van der Waals surface area contributed by atoms with Crippen LogP contribution >= 0.6 is 11.6 Å². The predicted octanol–water partition coefficient (Wildman–Crippen LogP) is 0.977. The van der Waals surface area contributed by atoms with Crippen LogP contribution in [0.1, 0.15) is 6.92 Å². The van der Waals surface area contributed by atoms with E-state index in [1.165, 1.54) is 18.5 Å². The Kier molecular flexibility index (Phi) is 4.09. The van der Waals surface area contributed by atoms with Crippen LogP contribution in [0.3, 0.4) is 0 Å². The van der Waals surface area contributed by atoms with E-state index in [1.807, 2.05) is 0 Å². The maximum absolute atomic E-state index is 10.2. The molecule has 0 saturated heterocycles. The first-order valence-electron chi connectivity index (χ1n) is 2.40. The summed E-state index contributed by atoms with van der Waals surface area (Å²) < 4.78 is 0. The highest BCUT2D eigenvalue weighted by Gasteiger charge is 1.98. The molecule has 0 aliphatic rings. The van der Waals surface area contributed by atoms with Gasteiger partial charge in [-0.25, -0.2) is 5.06 Å². The highest BCUT2D eigenvalue weighted by atomic mass is 35.5. The summed E-state index contributed by atoms with van der Waals surface area (Å²) >= 11 is 5.12. The van der Waals surface area contributed by atoms with E-state index in [0.717, 1.165) is 0 Å². The van der Waals surface area contributed by atoms with E-state index >= 15 is 0 Å². The van der Waals surface area contributed by atoms with Gasteiger partial charge < -0.3 is 0 Å². The lowest BCUT2D eigenvalue weighted by Gasteiger charge is -2.07. The normalized spacial score (nSPS) is 10.1. The number of amides is 1. The van der Waals surface area contributed by atoms with Crippen molar-refractivity contribution < 1.29 is 10.0 Å². The van der Waals surface area contributed by atoms with Crippen molar-refractivity contribution >= 4 is 17.5 Å². The first-order chi connectivity index (χ1) is 4.18. The summed E-state index contributed by atoms with van der Waals surface area (Å²) in [6, 6.07) is 0. The fourth-order valence-electron chi connectivity index (χ4n) is 0.268. The quantitative estimate of drug-likeness (QED) is 0.470. The number of hydrogen-bond donors (Lipinski definition) is 1. The minimum absolute atomic E-state index is 0.138. The Balaban J connectivity index is 3.50. The van der Waals surface area contributed by atoms with Gasteiger partial charge in [0.05, 0.1) is 6.54 Å². The Morgan fingerprint density at radius 3 is 2.78 bits per heavy atom. The minimum Gasteiger partial charge on any atom is -0.286 e. The topological polar surface area (TPSA) is 40.5 Å². The SMILES string of the molecule is CC(=O)N(O)C/C=C/Cl. The molecular formula is C5H8ClNO2. The molecule has 0 spiro atoms. The van der Waals surface area contributed by atoms with Crippen LogP contribution in [0.5, 0.6) is 0 Å². The molecule has 0 aliphatic heterocycles. The van der Waals surface area contributed by atoms with E-state index in [0.29, 0.717) is 5.06 Å². The van der Waals surface area contributed by atoms with Crippen LogP contribution in [0.4, 0.5) is 0 Å². The number of carbonyl (C=O) groups excluding carboxylic acids is 1. The third kappa shape index (κ3) is 4.00. The number of rotatable bonds is 2. The van der Waals surface area contributed by atoms with Gasteiger partial charge in [-0.15, -0.1) is 0 Å². The second-order valence-electron chi connectivity index (χ2n) is 1.46. The first-order valence-corrected chi connectivity index (χ1v) is 2.84. The summed E-state index contributed by atoms with van der Waals surface area (Å²) in [6.45, 7) is 1.40. The van der Waals surface area contributed by atoms with Gasteiger partial charge in [0, 0.05) is 12.5 Å². The molecular weight excluding hydrogens is 142 g/mol. The predicted molar refractivity (Wildman–Crippen MR) is 34.2 cm³/mol. The smallest absolute Gasteiger partial charge is 0.243 e. The van der Waals surface area contributed by atoms with Crippen LogP contribution < -0.4 is 0 Å². The summed E-state index contributed by atoms with van der Waals surface area (Å²) in [7, 11) is 0. The third-order valence-corrected chi connectivity index (χ3v) is 0.909. The number of hydroxylamine groups is 2. The highest BCUT2D eigenvalue weighted by molar-refractivity contribution is 6.25. The Hall–Kier alpha value is -0.540. The van der Waals surface area contributed by atoms with Crippen molar-refractivity contribution in [2.45, 2.75) is 6.92 Å². The zero-order valence-corrected chi connectivity index (χ0v) is 5.80. The Morgan fingerprint density at radius 2 is 2.44 bits per heavy atom. The molecule has 0 aliphatic carbocycles. The molecule has 0 bridgehead atoms. The summed E-state index contributed by atoms with van der Waals surface area (Å²) in [5.41, 5.74) is 1.24. The molecule has 0 heterocycles. The molecule has 0 unspecified atom stereocenters. The summed E-state index contributed by atoms with van der Waals surface area (Å²) in [5, 5.41) is 9.20. The van der Waals surface area contributed by atoms with Crippen molar-refractivity contribution in [3.05, 3.63) is 11.6 Å². The standard InChI is InChI=1S/C5H8ClNO2/c1-5(8)7(9)4-2-3-6/h2-3,9H,4H2,1H3/b3-2+. The van der Waals surface area contributed by atoms with Gasteiger partial charge >= 0.3 is 0 Å². The number of halogens is 1. The maximum Gasteiger partial charge on any atom is 0.243 e. The van der Waals surface area contributed by atoms with E-state index in [4.69, 9.17) is 16.8 Å².